The predicted molar refractivity (Wildman–Crippen MR) is 93.7 cm³/mol. The Labute approximate surface area is 142 Å². The van der Waals surface area contributed by atoms with Gasteiger partial charge in [-0.3, -0.25) is 19.4 Å². The van der Waals surface area contributed by atoms with Gasteiger partial charge in [-0.2, -0.15) is 0 Å². The second-order valence-electron chi connectivity index (χ2n) is 6.02. The average Bonchev–Trinajstić information content (AvgIpc) is 2.85. The van der Waals surface area contributed by atoms with Crippen LogP contribution in [0.15, 0.2) is 48.5 Å². The third-order valence-electron chi connectivity index (χ3n) is 4.51. The molecule has 0 aliphatic carbocycles. The summed E-state index contributed by atoms with van der Waals surface area (Å²) in [5.74, 6) is -0.408. The van der Waals surface area contributed by atoms with Crippen LogP contribution in [0.3, 0.4) is 0 Å². The molecule has 0 radical (unpaired) electrons. The maximum Gasteiger partial charge on any atom is 0.261 e. The van der Waals surface area contributed by atoms with Crippen LogP contribution in [0.4, 0.5) is 0 Å². The van der Waals surface area contributed by atoms with Crippen LogP contribution in [0.1, 0.15) is 45.7 Å². The number of amides is 2. The lowest BCUT2D eigenvalue weighted by molar-refractivity contribution is 0.0642. The molecule has 4 nitrogen and oxygen atoms in total. The van der Waals surface area contributed by atoms with Gasteiger partial charge in [-0.15, -0.1) is 0 Å². The van der Waals surface area contributed by atoms with E-state index in [4.69, 9.17) is 0 Å². The van der Waals surface area contributed by atoms with Gasteiger partial charge in [-0.25, -0.2) is 0 Å². The highest BCUT2D eigenvalue weighted by Gasteiger charge is 2.34. The highest BCUT2D eigenvalue weighted by Crippen LogP contribution is 2.24. The summed E-state index contributed by atoms with van der Waals surface area (Å²) >= 11 is 0. The molecule has 0 spiro atoms. The van der Waals surface area contributed by atoms with Crippen LogP contribution in [-0.2, 0) is 13.1 Å². The van der Waals surface area contributed by atoms with Gasteiger partial charge in [-0.1, -0.05) is 50.2 Å². The van der Waals surface area contributed by atoms with E-state index in [9.17, 15) is 9.59 Å². The number of nitrogens with zero attached hydrogens (tertiary/aromatic N) is 2. The molecule has 3 rings (SSSR count). The van der Waals surface area contributed by atoms with Crippen molar-refractivity contribution in [3.05, 3.63) is 70.8 Å². The van der Waals surface area contributed by atoms with E-state index in [1.807, 2.05) is 12.1 Å². The molecule has 1 aliphatic rings. The maximum absolute atomic E-state index is 12.5. The number of fused-ring (bicyclic) bond motifs is 1. The van der Waals surface area contributed by atoms with Gasteiger partial charge in [0.15, 0.2) is 0 Å². The Balaban J connectivity index is 1.78. The van der Waals surface area contributed by atoms with Crippen molar-refractivity contribution in [2.45, 2.75) is 26.9 Å². The van der Waals surface area contributed by atoms with Crippen LogP contribution in [0, 0.1) is 0 Å². The Bertz CT molecular complexity index is 731. The van der Waals surface area contributed by atoms with Crippen molar-refractivity contribution in [2.75, 3.05) is 13.1 Å². The molecule has 1 aliphatic heterocycles. The molecule has 2 aromatic carbocycles. The molecule has 2 aromatic rings. The van der Waals surface area contributed by atoms with Crippen molar-refractivity contribution in [1.82, 2.24) is 9.80 Å². The third kappa shape index (κ3) is 3.10. The second-order valence-corrected chi connectivity index (χ2v) is 6.02. The highest BCUT2D eigenvalue weighted by molar-refractivity contribution is 6.21. The molecule has 0 fully saturated rings. The zero-order chi connectivity index (χ0) is 17.1. The number of rotatable bonds is 6. The summed E-state index contributed by atoms with van der Waals surface area (Å²) in [7, 11) is 0. The number of imide groups is 1. The molecule has 0 bridgehead atoms. The van der Waals surface area contributed by atoms with E-state index in [0.29, 0.717) is 17.7 Å². The normalized spacial score (nSPS) is 13.7. The smallest absolute Gasteiger partial charge is 0.261 e. The Morgan fingerprint density at radius 2 is 1.42 bits per heavy atom. The molecule has 0 N–H and O–H groups in total. The fourth-order valence-electron chi connectivity index (χ4n) is 3.10. The fraction of sp³-hybridized carbons (Fsp3) is 0.300. The SMILES string of the molecule is CCN(CC)Cc1cccc(CN2C(=O)c3ccccc3C2=O)c1. The number of hydrogen-bond acceptors (Lipinski definition) is 3. The first-order valence-corrected chi connectivity index (χ1v) is 8.39. The molecule has 24 heavy (non-hydrogen) atoms. The van der Waals surface area contributed by atoms with Crippen LogP contribution in [0.25, 0.3) is 0 Å². The van der Waals surface area contributed by atoms with E-state index in [2.05, 4.69) is 30.9 Å². The Morgan fingerprint density at radius 3 is 2.00 bits per heavy atom. The van der Waals surface area contributed by atoms with Crippen LogP contribution in [-0.4, -0.2) is 34.7 Å². The quantitative estimate of drug-likeness (QED) is 0.766. The summed E-state index contributed by atoms with van der Waals surface area (Å²) in [5.41, 5.74) is 3.19. The Kier molecular flexibility index (Phi) is 4.76. The molecule has 0 aromatic heterocycles. The van der Waals surface area contributed by atoms with Gasteiger partial charge < -0.3 is 0 Å². The van der Waals surface area contributed by atoms with Crippen LogP contribution < -0.4 is 0 Å². The zero-order valence-corrected chi connectivity index (χ0v) is 14.2. The standard InChI is InChI=1S/C20H22N2O2/c1-3-21(4-2)13-15-8-7-9-16(12-15)14-22-19(23)17-10-5-6-11-18(17)20(22)24/h5-12H,3-4,13-14H2,1-2H3. The van der Waals surface area contributed by atoms with Gasteiger partial charge >= 0.3 is 0 Å². The lowest BCUT2D eigenvalue weighted by Crippen LogP contribution is -2.29. The van der Waals surface area contributed by atoms with Gasteiger partial charge in [0.2, 0.25) is 0 Å². The first-order chi connectivity index (χ1) is 11.6. The molecule has 4 heteroatoms. The van der Waals surface area contributed by atoms with Gasteiger partial charge in [0.25, 0.3) is 11.8 Å². The van der Waals surface area contributed by atoms with Crippen LogP contribution >= 0.6 is 0 Å². The summed E-state index contributed by atoms with van der Waals surface area (Å²) in [5, 5.41) is 0. The summed E-state index contributed by atoms with van der Waals surface area (Å²) in [6, 6.07) is 15.1. The van der Waals surface area contributed by atoms with Crippen molar-refractivity contribution >= 4 is 11.8 Å². The molecule has 0 unspecified atom stereocenters. The monoisotopic (exact) mass is 322 g/mol. The first kappa shape index (κ1) is 16.4. The summed E-state index contributed by atoms with van der Waals surface area (Å²) < 4.78 is 0. The summed E-state index contributed by atoms with van der Waals surface area (Å²) in [6.45, 7) is 7.48. The zero-order valence-electron chi connectivity index (χ0n) is 14.2. The van der Waals surface area contributed by atoms with Crippen molar-refractivity contribution in [2.24, 2.45) is 0 Å². The van der Waals surface area contributed by atoms with Gasteiger partial charge in [-0.05, 0) is 36.3 Å². The van der Waals surface area contributed by atoms with Crippen LogP contribution in [0.5, 0.6) is 0 Å². The molecule has 2 amide bonds. The van der Waals surface area contributed by atoms with Crippen molar-refractivity contribution in [3.63, 3.8) is 0 Å². The number of carbonyl (C=O) groups is 2. The maximum atomic E-state index is 12.5. The molecule has 124 valence electrons. The average molecular weight is 322 g/mol. The van der Waals surface area contributed by atoms with E-state index in [1.165, 1.54) is 10.5 Å². The number of benzene rings is 2. The van der Waals surface area contributed by atoms with Crippen molar-refractivity contribution in [3.8, 4) is 0 Å². The lowest BCUT2D eigenvalue weighted by atomic mass is 10.1. The molecular formula is C20H22N2O2. The van der Waals surface area contributed by atoms with E-state index in [0.717, 1.165) is 25.2 Å². The third-order valence-corrected chi connectivity index (χ3v) is 4.51. The van der Waals surface area contributed by atoms with Crippen LogP contribution in [0.2, 0.25) is 0 Å². The van der Waals surface area contributed by atoms with E-state index >= 15 is 0 Å². The van der Waals surface area contributed by atoms with Crippen molar-refractivity contribution in [1.29, 1.82) is 0 Å². The van der Waals surface area contributed by atoms with Gasteiger partial charge in [0.05, 0.1) is 17.7 Å². The number of carbonyl (C=O) groups excluding carboxylic acids is 2. The Hall–Kier alpha value is -2.46. The van der Waals surface area contributed by atoms with Gasteiger partial charge in [0, 0.05) is 6.54 Å². The molecule has 0 atom stereocenters. The largest absolute Gasteiger partial charge is 0.300 e. The predicted octanol–water partition coefficient (Wildman–Crippen LogP) is 3.32. The summed E-state index contributed by atoms with van der Waals surface area (Å²) in [6.07, 6.45) is 0. The minimum atomic E-state index is -0.204. The molecule has 0 saturated heterocycles. The fourth-order valence-corrected chi connectivity index (χ4v) is 3.10. The topological polar surface area (TPSA) is 40.6 Å². The second kappa shape index (κ2) is 6.97. The highest BCUT2D eigenvalue weighted by atomic mass is 16.2. The number of hydrogen-bond donors (Lipinski definition) is 0. The lowest BCUT2D eigenvalue weighted by Gasteiger charge is -2.19. The van der Waals surface area contributed by atoms with Gasteiger partial charge in [0.1, 0.15) is 0 Å². The molecule has 0 saturated carbocycles. The molecule has 1 heterocycles. The minimum Gasteiger partial charge on any atom is -0.300 e. The first-order valence-electron chi connectivity index (χ1n) is 8.39. The van der Waals surface area contributed by atoms with E-state index in [1.54, 1.807) is 24.3 Å². The van der Waals surface area contributed by atoms with E-state index < -0.39 is 0 Å². The van der Waals surface area contributed by atoms with E-state index in [-0.39, 0.29) is 11.8 Å². The summed E-state index contributed by atoms with van der Waals surface area (Å²) in [4.78, 5) is 28.6. The molecular weight excluding hydrogens is 300 g/mol. The van der Waals surface area contributed by atoms with Crippen molar-refractivity contribution < 1.29 is 9.59 Å². The minimum absolute atomic E-state index is 0.204. The Morgan fingerprint density at radius 1 is 0.833 bits per heavy atom.